The van der Waals surface area contributed by atoms with Gasteiger partial charge in [-0.1, -0.05) is 84.5 Å². The molecule has 3 aromatic rings. The van der Waals surface area contributed by atoms with E-state index in [2.05, 4.69) is 5.32 Å². The van der Waals surface area contributed by atoms with E-state index >= 15 is 0 Å². The van der Waals surface area contributed by atoms with Gasteiger partial charge in [0.1, 0.15) is 12.6 Å². The molecule has 0 aromatic heterocycles. The van der Waals surface area contributed by atoms with Crippen LogP contribution in [0.2, 0.25) is 15.1 Å². The highest BCUT2D eigenvalue weighted by molar-refractivity contribution is 7.92. The number of halogens is 3. The van der Waals surface area contributed by atoms with Gasteiger partial charge in [0.15, 0.2) is 0 Å². The third-order valence-electron chi connectivity index (χ3n) is 6.17. The zero-order valence-electron chi connectivity index (χ0n) is 22.7. The number of benzene rings is 3. The van der Waals surface area contributed by atoms with Crippen LogP contribution >= 0.6 is 34.8 Å². The highest BCUT2D eigenvalue weighted by atomic mass is 35.5. The number of aryl methyl sites for hydroxylation is 1. The summed E-state index contributed by atoms with van der Waals surface area (Å²) in [6.07, 6.45) is 0. The Kier molecular flexibility index (Phi) is 10.9. The average Bonchev–Trinajstić information content (AvgIpc) is 2.88. The molecular weight excluding hydrogens is 593 g/mol. The summed E-state index contributed by atoms with van der Waals surface area (Å²) in [7, 11) is -4.24. The molecular formula is C29H32Cl3N3O4S. The predicted molar refractivity (Wildman–Crippen MR) is 161 cm³/mol. The van der Waals surface area contributed by atoms with Crippen molar-refractivity contribution < 1.29 is 18.0 Å². The summed E-state index contributed by atoms with van der Waals surface area (Å²) in [6, 6.07) is 16.6. The zero-order valence-corrected chi connectivity index (χ0v) is 25.8. The molecule has 0 aliphatic rings. The first-order chi connectivity index (χ1) is 18.8. The second-order valence-electron chi connectivity index (χ2n) is 9.88. The van der Waals surface area contributed by atoms with E-state index in [1.54, 1.807) is 43.3 Å². The van der Waals surface area contributed by atoms with Crippen LogP contribution in [0.4, 0.5) is 5.69 Å². The van der Waals surface area contributed by atoms with E-state index in [0.29, 0.717) is 17.1 Å². The molecule has 7 nitrogen and oxygen atoms in total. The van der Waals surface area contributed by atoms with Crippen LogP contribution in [-0.2, 0) is 26.2 Å². The molecule has 0 bridgehead atoms. The van der Waals surface area contributed by atoms with Crippen LogP contribution in [-0.4, -0.2) is 44.3 Å². The Bertz CT molecular complexity index is 1440. The van der Waals surface area contributed by atoms with Crippen LogP contribution in [0, 0.1) is 12.8 Å². The summed E-state index contributed by atoms with van der Waals surface area (Å²) in [5.41, 5.74) is 1.60. The lowest BCUT2D eigenvalue weighted by atomic mass is 10.1. The maximum Gasteiger partial charge on any atom is 0.264 e. The first kappa shape index (κ1) is 31.7. The van der Waals surface area contributed by atoms with Gasteiger partial charge in [-0.2, -0.15) is 0 Å². The maximum atomic E-state index is 14.0. The fourth-order valence-corrected chi connectivity index (χ4v) is 6.00. The van der Waals surface area contributed by atoms with E-state index in [-0.39, 0.29) is 39.0 Å². The monoisotopic (exact) mass is 623 g/mol. The lowest BCUT2D eigenvalue weighted by Gasteiger charge is -2.32. The summed E-state index contributed by atoms with van der Waals surface area (Å²) >= 11 is 18.8. The lowest BCUT2D eigenvalue weighted by Crippen LogP contribution is -2.51. The smallest absolute Gasteiger partial charge is 0.264 e. The molecule has 0 heterocycles. The van der Waals surface area contributed by atoms with E-state index in [4.69, 9.17) is 34.8 Å². The van der Waals surface area contributed by atoms with Crippen molar-refractivity contribution in [3.05, 3.63) is 92.9 Å². The lowest BCUT2D eigenvalue weighted by molar-refractivity contribution is -0.139. The number of sulfonamides is 1. The van der Waals surface area contributed by atoms with E-state index in [1.165, 1.54) is 35.2 Å². The molecule has 3 aromatic carbocycles. The molecule has 11 heteroatoms. The molecule has 3 rings (SSSR count). The van der Waals surface area contributed by atoms with Gasteiger partial charge in [0.25, 0.3) is 10.0 Å². The van der Waals surface area contributed by atoms with Gasteiger partial charge < -0.3 is 10.2 Å². The molecule has 40 heavy (non-hydrogen) atoms. The molecule has 0 fully saturated rings. The first-order valence-corrected chi connectivity index (χ1v) is 15.2. The van der Waals surface area contributed by atoms with Crippen LogP contribution in [0.25, 0.3) is 0 Å². The largest absolute Gasteiger partial charge is 0.354 e. The number of nitrogens with one attached hydrogen (secondary N) is 1. The van der Waals surface area contributed by atoms with Gasteiger partial charge in [-0.3, -0.25) is 13.9 Å². The number of hydrogen-bond donors (Lipinski definition) is 1. The Morgan fingerprint density at radius 1 is 0.900 bits per heavy atom. The van der Waals surface area contributed by atoms with Crippen molar-refractivity contribution in [2.45, 2.75) is 45.2 Å². The molecule has 1 unspecified atom stereocenters. The Hall–Kier alpha value is -2.78. The highest BCUT2D eigenvalue weighted by Crippen LogP contribution is 2.30. The van der Waals surface area contributed by atoms with Gasteiger partial charge in [-0.15, -0.1) is 0 Å². The molecule has 1 N–H and O–H groups in total. The van der Waals surface area contributed by atoms with Crippen LogP contribution in [0.1, 0.15) is 31.9 Å². The molecule has 0 saturated carbocycles. The molecule has 0 aliphatic carbocycles. The minimum absolute atomic E-state index is 0.0104. The normalized spacial score (nSPS) is 12.2. The van der Waals surface area contributed by atoms with E-state index in [1.807, 2.05) is 20.8 Å². The fourth-order valence-electron chi connectivity index (χ4n) is 3.89. The first-order valence-electron chi connectivity index (χ1n) is 12.7. The Balaban J connectivity index is 2.06. The average molecular weight is 625 g/mol. The summed E-state index contributed by atoms with van der Waals surface area (Å²) in [6.45, 7) is 7.16. The summed E-state index contributed by atoms with van der Waals surface area (Å²) in [5.74, 6) is -0.779. The number of nitrogens with zero attached hydrogens (tertiary/aromatic N) is 2. The number of hydrogen-bond acceptors (Lipinski definition) is 4. The number of amides is 2. The van der Waals surface area contributed by atoms with Crippen molar-refractivity contribution in [1.82, 2.24) is 10.2 Å². The maximum absolute atomic E-state index is 14.0. The Morgan fingerprint density at radius 3 is 2.08 bits per heavy atom. The van der Waals surface area contributed by atoms with Crippen LogP contribution in [0.5, 0.6) is 0 Å². The van der Waals surface area contributed by atoms with Crippen LogP contribution < -0.4 is 9.62 Å². The zero-order chi connectivity index (χ0) is 29.6. The highest BCUT2D eigenvalue weighted by Gasteiger charge is 2.33. The quantitative estimate of drug-likeness (QED) is 0.270. The van der Waals surface area contributed by atoms with Crippen molar-refractivity contribution in [2.75, 3.05) is 17.4 Å². The number of carbonyl (C=O) groups is 2. The predicted octanol–water partition coefficient (Wildman–Crippen LogP) is 6.34. The topological polar surface area (TPSA) is 86.8 Å². The van der Waals surface area contributed by atoms with Gasteiger partial charge in [-0.25, -0.2) is 8.42 Å². The van der Waals surface area contributed by atoms with Crippen molar-refractivity contribution in [3.63, 3.8) is 0 Å². The SMILES string of the molecule is Cc1ccc(S(=O)(=O)N(CC(=O)N(Cc2ccccc2Cl)C(C)C(=O)NCC(C)C)c2cc(Cl)cc(Cl)c2)cc1. The minimum Gasteiger partial charge on any atom is -0.354 e. The Labute approximate surface area is 251 Å². The molecule has 0 spiro atoms. The minimum atomic E-state index is -4.24. The van der Waals surface area contributed by atoms with E-state index in [0.717, 1.165) is 9.87 Å². The van der Waals surface area contributed by atoms with Gasteiger partial charge in [-0.05, 0) is 61.7 Å². The number of carbonyl (C=O) groups excluding carboxylic acids is 2. The third kappa shape index (κ3) is 8.13. The van der Waals surface area contributed by atoms with Gasteiger partial charge in [0, 0.05) is 28.2 Å². The third-order valence-corrected chi connectivity index (χ3v) is 8.77. The second kappa shape index (κ2) is 13.7. The van der Waals surface area contributed by atoms with E-state index < -0.39 is 28.5 Å². The molecule has 0 saturated heterocycles. The van der Waals surface area contributed by atoms with Crippen molar-refractivity contribution >= 4 is 62.3 Å². The van der Waals surface area contributed by atoms with Crippen LogP contribution in [0.15, 0.2) is 71.6 Å². The fraction of sp³-hybridized carbons (Fsp3) is 0.310. The van der Waals surface area contributed by atoms with Crippen molar-refractivity contribution in [1.29, 1.82) is 0 Å². The molecule has 0 radical (unpaired) electrons. The molecule has 214 valence electrons. The number of anilines is 1. The van der Waals surface area contributed by atoms with Crippen LogP contribution in [0.3, 0.4) is 0 Å². The van der Waals surface area contributed by atoms with Gasteiger partial charge in [0.05, 0.1) is 10.6 Å². The van der Waals surface area contributed by atoms with Crippen molar-refractivity contribution in [3.8, 4) is 0 Å². The van der Waals surface area contributed by atoms with Crippen molar-refractivity contribution in [2.24, 2.45) is 5.92 Å². The Morgan fingerprint density at radius 2 is 1.50 bits per heavy atom. The van der Waals surface area contributed by atoms with Gasteiger partial charge in [0.2, 0.25) is 11.8 Å². The molecule has 1 atom stereocenters. The van der Waals surface area contributed by atoms with E-state index in [9.17, 15) is 18.0 Å². The summed E-state index contributed by atoms with van der Waals surface area (Å²) in [4.78, 5) is 28.3. The van der Waals surface area contributed by atoms with Gasteiger partial charge >= 0.3 is 0 Å². The molecule has 2 amide bonds. The standard InChI is InChI=1S/C29H32Cl3N3O4S/c1-19(2)16-33-29(37)21(4)34(17-22-7-5-6-8-27(22)32)28(36)18-35(25-14-23(30)13-24(31)15-25)40(38,39)26-11-9-20(3)10-12-26/h5-15,19,21H,16-18H2,1-4H3,(H,33,37). The second-order valence-corrected chi connectivity index (χ2v) is 13.0. The summed E-state index contributed by atoms with van der Waals surface area (Å²) in [5, 5.41) is 3.67. The number of rotatable bonds is 11. The summed E-state index contributed by atoms with van der Waals surface area (Å²) < 4.78 is 28.7. The molecule has 0 aliphatic heterocycles.